The molecule has 0 aliphatic carbocycles. The second-order valence-electron chi connectivity index (χ2n) is 6.32. The van der Waals surface area contributed by atoms with Crippen LogP contribution in [-0.2, 0) is 6.54 Å². The van der Waals surface area contributed by atoms with Crippen LogP contribution >= 0.6 is 0 Å². The number of likely N-dealkylation sites (tertiary alicyclic amines) is 1. The maximum absolute atomic E-state index is 11.9. The molecule has 3 nitrogen and oxygen atoms in total. The summed E-state index contributed by atoms with van der Waals surface area (Å²) in [6.07, 6.45) is 5.29. The van der Waals surface area contributed by atoms with Gasteiger partial charge in [0.1, 0.15) is 12.1 Å². The summed E-state index contributed by atoms with van der Waals surface area (Å²) in [5.74, 6) is 0. The molecule has 1 aromatic heterocycles. The maximum Gasteiger partial charge on any atom is 0.336 e. The van der Waals surface area contributed by atoms with Gasteiger partial charge in [-0.25, -0.2) is 4.79 Å². The number of benzene rings is 1. The Hall–Kier alpha value is -1.61. The first-order chi connectivity index (χ1) is 10.1. The van der Waals surface area contributed by atoms with E-state index >= 15 is 0 Å². The zero-order valence-electron chi connectivity index (χ0n) is 13.0. The van der Waals surface area contributed by atoms with Crippen LogP contribution in [-0.4, -0.2) is 13.1 Å². The fourth-order valence-electron chi connectivity index (χ4n) is 3.35. The van der Waals surface area contributed by atoms with Crippen molar-refractivity contribution in [1.29, 1.82) is 0 Å². The molecule has 1 aromatic carbocycles. The van der Waals surface area contributed by atoms with Crippen LogP contribution in [0.25, 0.3) is 11.0 Å². The molecule has 1 N–H and O–H groups in total. The van der Waals surface area contributed by atoms with Gasteiger partial charge in [0.25, 0.3) is 0 Å². The summed E-state index contributed by atoms with van der Waals surface area (Å²) in [7, 11) is 0. The molecule has 1 saturated heterocycles. The first kappa shape index (κ1) is 14.3. The number of hydrogen-bond acceptors (Lipinski definition) is 2. The Kier molecular flexibility index (Phi) is 4.11. The van der Waals surface area contributed by atoms with E-state index in [0.717, 1.165) is 28.6 Å². The Morgan fingerprint density at radius 1 is 1.10 bits per heavy atom. The molecule has 3 heteroatoms. The van der Waals surface area contributed by atoms with Gasteiger partial charge in [-0.2, -0.15) is 0 Å². The van der Waals surface area contributed by atoms with E-state index in [1.807, 2.05) is 6.92 Å². The van der Waals surface area contributed by atoms with E-state index in [1.54, 1.807) is 11.0 Å². The molecule has 2 aromatic rings. The zero-order chi connectivity index (χ0) is 14.8. The summed E-state index contributed by atoms with van der Waals surface area (Å²) in [6.45, 7) is 7.45. The Balaban J connectivity index is 2.01. The second-order valence-corrected chi connectivity index (χ2v) is 6.32. The van der Waals surface area contributed by atoms with Crippen LogP contribution in [0, 0.1) is 13.8 Å². The Bertz CT molecular complexity index is 694. The molecule has 2 heterocycles. The van der Waals surface area contributed by atoms with Gasteiger partial charge in [0, 0.05) is 17.0 Å². The highest BCUT2D eigenvalue weighted by molar-refractivity contribution is 5.83. The number of nitrogens with one attached hydrogen (secondary N) is 1. The average Bonchev–Trinajstić information content (AvgIpc) is 2.72. The third-order valence-corrected chi connectivity index (χ3v) is 4.77. The molecule has 3 rings (SSSR count). The van der Waals surface area contributed by atoms with Crippen molar-refractivity contribution in [1.82, 2.24) is 0 Å². The van der Waals surface area contributed by atoms with Crippen molar-refractivity contribution in [3.63, 3.8) is 0 Å². The van der Waals surface area contributed by atoms with Crippen LogP contribution in [0.5, 0.6) is 0 Å². The molecule has 0 spiro atoms. The fraction of sp³-hybridized carbons (Fsp3) is 0.500. The van der Waals surface area contributed by atoms with Gasteiger partial charge < -0.3 is 9.32 Å². The molecule has 0 atom stereocenters. The van der Waals surface area contributed by atoms with Crippen LogP contribution in [0.15, 0.2) is 27.4 Å². The van der Waals surface area contributed by atoms with E-state index in [9.17, 15) is 4.79 Å². The lowest BCUT2D eigenvalue weighted by Gasteiger charge is -2.18. The van der Waals surface area contributed by atoms with Crippen molar-refractivity contribution >= 4 is 11.0 Å². The van der Waals surface area contributed by atoms with Gasteiger partial charge >= 0.3 is 5.63 Å². The largest absolute Gasteiger partial charge is 0.422 e. The minimum Gasteiger partial charge on any atom is -0.422 e. The van der Waals surface area contributed by atoms with Crippen molar-refractivity contribution < 1.29 is 9.32 Å². The van der Waals surface area contributed by atoms with E-state index < -0.39 is 0 Å². The van der Waals surface area contributed by atoms with E-state index in [2.05, 4.69) is 19.1 Å². The van der Waals surface area contributed by atoms with Crippen molar-refractivity contribution in [2.24, 2.45) is 0 Å². The monoisotopic (exact) mass is 286 g/mol. The van der Waals surface area contributed by atoms with Gasteiger partial charge in [0.2, 0.25) is 0 Å². The van der Waals surface area contributed by atoms with Crippen LogP contribution in [0.2, 0.25) is 0 Å². The molecule has 0 unspecified atom stereocenters. The molecule has 0 bridgehead atoms. The molecular weight excluding hydrogens is 262 g/mol. The predicted molar refractivity (Wildman–Crippen MR) is 84.8 cm³/mol. The van der Waals surface area contributed by atoms with Crippen LogP contribution in [0.1, 0.15) is 42.4 Å². The minimum absolute atomic E-state index is 0.222. The summed E-state index contributed by atoms with van der Waals surface area (Å²) < 4.78 is 5.46. The Morgan fingerprint density at radius 3 is 2.52 bits per heavy atom. The minimum atomic E-state index is -0.222. The van der Waals surface area contributed by atoms with Gasteiger partial charge in [-0.15, -0.1) is 0 Å². The topological polar surface area (TPSA) is 34.7 Å². The first-order valence-electron chi connectivity index (χ1n) is 8.01. The van der Waals surface area contributed by atoms with E-state index in [1.165, 1.54) is 44.3 Å². The molecule has 1 aliphatic heterocycles. The normalized spacial score (nSPS) is 17.0. The molecule has 112 valence electrons. The summed E-state index contributed by atoms with van der Waals surface area (Å²) in [5.41, 5.74) is 3.94. The van der Waals surface area contributed by atoms with E-state index in [-0.39, 0.29) is 5.63 Å². The number of quaternary nitrogens is 1. The standard InChI is InChI=1S/C18H23NO2/c1-13-7-8-16-15(11-17(20)21-18(16)14(13)2)12-19-9-5-3-4-6-10-19/h7-8,11H,3-6,9-10,12H2,1-2H3/p+1. The highest BCUT2D eigenvalue weighted by Gasteiger charge is 2.16. The number of rotatable bonds is 2. The lowest BCUT2D eigenvalue weighted by atomic mass is 10.0. The van der Waals surface area contributed by atoms with Gasteiger partial charge in [-0.3, -0.25) is 0 Å². The first-order valence-corrected chi connectivity index (χ1v) is 8.01. The second kappa shape index (κ2) is 6.02. The van der Waals surface area contributed by atoms with E-state index in [4.69, 9.17) is 4.42 Å². The summed E-state index contributed by atoms with van der Waals surface area (Å²) >= 11 is 0. The molecule has 0 amide bonds. The SMILES string of the molecule is Cc1ccc2c(C[NH+]3CCCCCC3)cc(=O)oc2c1C. The lowest BCUT2D eigenvalue weighted by molar-refractivity contribution is -0.913. The molecule has 21 heavy (non-hydrogen) atoms. The van der Waals surface area contributed by atoms with Gasteiger partial charge in [-0.05, 0) is 50.7 Å². The molecule has 1 fully saturated rings. The number of hydrogen-bond donors (Lipinski definition) is 1. The quantitative estimate of drug-likeness (QED) is 0.860. The van der Waals surface area contributed by atoms with Gasteiger partial charge in [-0.1, -0.05) is 12.1 Å². The van der Waals surface area contributed by atoms with Crippen molar-refractivity contribution in [3.05, 3.63) is 45.3 Å². The summed E-state index contributed by atoms with van der Waals surface area (Å²) in [4.78, 5) is 13.5. The van der Waals surface area contributed by atoms with Crippen LogP contribution in [0.3, 0.4) is 0 Å². The summed E-state index contributed by atoms with van der Waals surface area (Å²) in [5, 5.41) is 1.11. The van der Waals surface area contributed by atoms with E-state index in [0.29, 0.717) is 0 Å². The number of aryl methyl sites for hydroxylation is 2. The lowest BCUT2D eigenvalue weighted by Crippen LogP contribution is -3.10. The third kappa shape index (κ3) is 3.03. The average molecular weight is 286 g/mol. The molecule has 1 aliphatic rings. The number of fused-ring (bicyclic) bond motifs is 1. The summed E-state index contributed by atoms with van der Waals surface area (Å²) in [6, 6.07) is 5.92. The van der Waals surface area contributed by atoms with Crippen molar-refractivity contribution in [2.75, 3.05) is 13.1 Å². The Morgan fingerprint density at radius 2 is 1.81 bits per heavy atom. The van der Waals surface area contributed by atoms with Crippen LogP contribution < -0.4 is 10.5 Å². The Labute approximate surface area is 125 Å². The zero-order valence-corrected chi connectivity index (χ0v) is 13.0. The molecular formula is C18H24NO2+. The van der Waals surface area contributed by atoms with Crippen molar-refractivity contribution in [3.8, 4) is 0 Å². The highest BCUT2D eigenvalue weighted by Crippen LogP contribution is 2.22. The predicted octanol–water partition coefficient (Wildman–Crippen LogP) is 2.37. The van der Waals surface area contributed by atoms with Crippen molar-refractivity contribution in [2.45, 2.75) is 46.1 Å². The maximum atomic E-state index is 11.9. The van der Waals surface area contributed by atoms with Gasteiger partial charge in [0.05, 0.1) is 13.1 Å². The molecule has 0 radical (unpaired) electrons. The third-order valence-electron chi connectivity index (χ3n) is 4.77. The van der Waals surface area contributed by atoms with Gasteiger partial charge in [0.15, 0.2) is 0 Å². The van der Waals surface area contributed by atoms with Crippen LogP contribution in [0.4, 0.5) is 0 Å². The smallest absolute Gasteiger partial charge is 0.336 e. The highest BCUT2D eigenvalue weighted by atomic mass is 16.4. The molecule has 0 saturated carbocycles. The fourth-order valence-corrected chi connectivity index (χ4v) is 3.35.